The molecule has 0 aliphatic carbocycles. The molecular weight excluding hydrogens is 426 g/mol. The second-order valence-electron chi connectivity index (χ2n) is 7.98. The van der Waals surface area contributed by atoms with Crippen molar-refractivity contribution >= 4 is 10.0 Å². The van der Waals surface area contributed by atoms with Gasteiger partial charge in [0.1, 0.15) is 13.2 Å². The quantitative estimate of drug-likeness (QED) is 0.621. The van der Waals surface area contributed by atoms with Gasteiger partial charge in [0.2, 0.25) is 10.0 Å². The van der Waals surface area contributed by atoms with E-state index in [4.69, 9.17) is 14.5 Å². The fraction of sp³-hybridized carbons (Fsp3) is 0.292. The van der Waals surface area contributed by atoms with Crippen LogP contribution in [0.1, 0.15) is 28.3 Å². The van der Waals surface area contributed by atoms with Gasteiger partial charge in [0.15, 0.2) is 11.5 Å². The number of ether oxygens (including phenoxy) is 2. The van der Waals surface area contributed by atoms with Crippen LogP contribution in [0, 0.1) is 0 Å². The van der Waals surface area contributed by atoms with Crippen LogP contribution in [-0.2, 0) is 23.1 Å². The van der Waals surface area contributed by atoms with Gasteiger partial charge in [0.05, 0.1) is 4.90 Å². The van der Waals surface area contributed by atoms with Crippen molar-refractivity contribution in [1.29, 1.82) is 0 Å². The topological polar surface area (TPSA) is 80.8 Å². The molecule has 0 radical (unpaired) electrons. The Balaban J connectivity index is 1.41. The van der Waals surface area contributed by atoms with E-state index in [1.165, 1.54) is 9.87 Å². The second kappa shape index (κ2) is 8.54. The van der Waals surface area contributed by atoms with Gasteiger partial charge in [0, 0.05) is 43.5 Å². The minimum atomic E-state index is -3.68. The Morgan fingerprint density at radius 2 is 1.75 bits per heavy atom. The maximum atomic E-state index is 13.3. The van der Waals surface area contributed by atoms with E-state index in [1.54, 1.807) is 18.2 Å². The third kappa shape index (κ3) is 3.85. The summed E-state index contributed by atoms with van der Waals surface area (Å²) in [7, 11) is -1.76. The molecule has 32 heavy (non-hydrogen) atoms. The maximum absolute atomic E-state index is 13.3. The SMILES string of the molecule is CNCC(c1ccccc1)c1cc2c(cn1)CN(S(=O)(=O)c1ccc3c(c1)OCCO3)C2. The zero-order valence-electron chi connectivity index (χ0n) is 17.8. The molecule has 0 saturated heterocycles. The number of nitrogens with one attached hydrogen (secondary N) is 1. The molecule has 3 heterocycles. The van der Waals surface area contributed by atoms with Gasteiger partial charge >= 0.3 is 0 Å². The number of sulfonamides is 1. The summed E-state index contributed by atoms with van der Waals surface area (Å²) in [5.41, 5.74) is 4.04. The number of likely N-dealkylation sites (N-methyl/N-ethyl adjacent to an activating group) is 1. The molecule has 1 N–H and O–H groups in total. The monoisotopic (exact) mass is 451 g/mol. The van der Waals surface area contributed by atoms with Crippen molar-refractivity contribution in [3.63, 3.8) is 0 Å². The van der Waals surface area contributed by atoms with E-state index in [0.29, 0.717) is 37.8 Å². The van der Waals surface area contributed by atoms with Crippen LogP contribution in [0.15, 0.2) is 65.7 Å². The zero-order chi connectivity index (χ0) is 22.1. The molecule has 0 fully saturated rings. The summed E-state index contributed by atoms with van der Waals surface area (Å²) in [5, 5.41) is 3.24. The lowest BCUT2D eigenvalue weighted by atomic mass is 9.94. The molecule has 0 bridgehead atoms. The van der Waals surface area contributed by atoms with Crippen molar-refractivity contribution in [2.24, 2.45) is 0 Å². The summed E-state index contributed by atoms with van der Waals surface area (Å²) < 4.78 is 39.2. The molecule has 0 saturated carbocycles. The first kappa shape index (κ1) is 20.9. The van der Waals surface area contributed by atoms with Crippen molar-refractivity contribution in [3.8, 4) is 11.5 Å². The maximum Gasteiger partial charge on any atom is 0.243 e. The van der Waals surface area contributed by atoms with E-state index in [9.17, 15) is 8.42 Å². The van der Waals surface area contributed by atoms with Gasteiger partial charge in [-0.05, 0) is 41.9 Å². The molecule has 0 spiro atoms. The van der Waals surface area contributed by atoms with Crippen LogP contribution in [-0.4, -0.2) is 44.5 Å². The zero-order valence-corrected chi connectivity index (χ0v) is 18.6. The Hall–Kier alpha value is -2.94. The Morgan fingerprint density at radius 3 is 2.53 bits per heavy atom. The summed E-state index contributed by atoms with van der Waals surface area (Å²) in [6.45, 7) is 2.25. The van der Waals surface area contributed by atoms with Crippen LogP contribution in [0.25, 0.3) is 0 Å². The third-order valence-corrected chi connectivity index (χ3v) is 7.70. The van der Waals surface area contributed by atoms with Crippen LogP contribution < -0.4 is 14.8 Å². The minimum Gasteiger partial charge on any atom is -0.486 e. The summed E-state index contributed by atoms with van der Waals surface area (Å²) in [4.78, 5) is 4.90. The molecule has 1 aromatic heterocycles. The average molecular weight is 452 g/mol. The van der Waals surface area contributed by atoms with Crippen LogP contribution in [0.4, 0.5) is 0 Å². The molecular formula is C24H25N3O4S. The second-order valence-corrected chi connectivity index (χ2v) is 9.92. The highest BCUT2D eigenvalue weighted by molar-refractivity contribution is 7.89. The van der Waals surface area contributed by atoms with Crippen LogP contribution in [0.5, 0.6) is 11.5 Å². The van der Waals surface area contributed by atoms with Crippen molar-refractivity contribution in [2.45, 2.75) is 23.9 Å². The summed E-state index contributed by atoms with van der Waals surface area (Å²) in [6, 6.07) is 17.1. The van der Waals surface area contributed by atoms with Crippen molar-refractivity contribution in [2.75, 3.05) is 26.8 Å². The number of nitrogens with zero attached hydrogens (tertiary/aromatic N) is 2. The van der Waals surface area contributed by atoms with Crippen molar-refractivity contribution < 1.29 is 17.9 Å². The first-order valence-corrected chi connectivity index (χ1v) is 12.1. The predicted octanol–water partition coefficient (Wildman–Crippen LogP) is 2.91. The standard InChI is InChI=1S/C24H25N3O4S/c1-25-14-21(17-5-3-2-4-6-17)22-11-18-15-27(16-19(18)13-26-22)32(28,29)20-7-8-23-24(12-20)31-10-9-30-23/h2-8,11-13,21,25H,9-10,14-16H2,1H3. The van der Waals surface area contributed by atoms with Crippen LogP contribution in [0.3, 0.4) is 0 Å². The number of aromatic nitrogens is 1. The van der Waals surface area contributed by atoms with E-state index in [-0.39, 0.29) is 10.8 Å². The van der Waals surface area contributed by atoms with Gasteiger partial charge in [-0.25, -0.2) is 8.42 Å². The van der Waals surface area contributed by atoms with E-state index in [2.05, 4.69) is 17.4 Å². The number of benzene rings is 2. The Kier molecular flexibility index (Phi) is 5.58. The highest BCUT2D eigenvalue weighted by Gasteiger charge is 2.32. The first-order valence-electron chi connectivity index (χ1n) is 10.6. The number of hydrogen-bond acceptors (Lipinski definition) is 6. The summed E-state index contributed by atoms with van der Waals surface area (Å²) >= 11 is 0. The molecule has 2 aliphatic rings. The fourth-order valence-corrected chi connectivity index (χ4v) is 5.66. The normalized spacial score (nSPS) is 16.5. The van der Waals surface area contributed by atoms with E-state index in [0.717, 1.165) is 23.4 Å². The molecule has 5 rings (SSSR count). The summed E-state index contributed by atoms with van der Waals surface area (Å²) in [5.74, 6) is 1.14. The first-order chi connectivity index (χ1) is 15.6. The van der Waals surface area contributed by atoms with Gasteiger partial charge in [0.25, 0.3) is 0 Å². The van der Waals surface area contributed by atoms with E-state index < -0.39 is 10.0 Å². The van der Waals surface area contributed by atoms with E-state index in [1.807, 2.05) is 37.5 Å². The van der Waals surface area contributed by atoms with Crippen LogP contribution >= 0.6 is 0 Å². The number of hydrogen-bond donors (Lipinski definition) is 1. The number of fused-ring (bicyclic) bond motifs is 2. The average Bonchev–Trinajstić information content (AvgIpc) is 3.27. The lowest BCUT2D eigenvalue weighted by Crippen LogP contribution is -2.26. The molecule has 0 amide bonds. The van der Waals surface area contributed by atoms with E-state index >= 15 is 0 Å². The highest BCUT2D eigenvalue weighted by Crippen LogP contribution is 2.36. The molecule has 3 aromatic rings. The van der Waals surface area contributed by atoms with Gasteiger partial charge in [-0.3, -0.25) is 4.98 Å². The molecule has 1 atom stereocenters. The van der Waals surface area contributed by atoms with Crippen molar-refractivity contribution in [3.05, 3.63) is 83.2 Å². The lowest BCUT2D eigenvalue weighted by Gasteiger charge is -2.20. The molecule has 1 unspecified atom stereocenters. The van der Waals surface area contributed by atoms with Gasteiger partial charge in [-0.1, -0.05) is 30.3 Å². The Morgan fingerprint density at radius 1 is 1.00 bits per heavy atom. The van der Waals surface area contributed by atoms with Crippen molar-refractivity contribution in [1.82, 2.24) is 14.6 Å². The molecule has 2 aromatic carbocycles. The summed E-state index contributed by atoms with van der Waals surface area (Å²) in [6.07, 6.45) is 1.82. The number of pyridine rings is 1. The largest absolute Gasteiger partial charge is 0.486 e. The fourth-order valence-electron chi connectivity index (χ4n) is 4.25. The van der Waals surface area contributed by atoms with Gasteiger partial charge < -0.3 is 14.8 Å². The lowest BCUT2D eigenvalue weighted by molar-refractivity contribution is 0.171. The predicted molar refractivity (Wildman–Crippen MR) is 120 cm³/mol. The number of rotatable bonds is 6. The minimum absolute atomic E-state index is 0.0925. The highest BCUT2D eigenvalue weighted by atomic mass is 32.2. The third-order valence-electron chi connectivity index (χ3n) is 5.92. The Bertz CT molecular complexity index is 1230. The van der Waals surface area contributed by atoms with Gasteiger partial charge in [-0.2, -0.15) is 4.31 Å². The van der Waals surface area contributed by atoms with Gasteiger partial charge in [-0.15, -0.1) is 0 Å². The molecule has 166 valence electrons. The molecule has 7 nitrogen and oxygen atoms in total. The molecule has 8 heteroatoms. The van der Waals surface area contributed by atoms with Crippen LogP contribution in [0.2, 0.25) is 0 Å². The molecule has 2 aliphatic heterocycles. The smallest absolute Gasteiger partial charge is 0.243 e. The Labute approximate surface area is 188 Å².